The highest BCUT2D eigenvalue weighted by molar-refractivity contribution is 8.16. The maximum Gasteiger partial charge on any atom is 0.338 e. The van der Waals surface area contributed by atoms with Gasteiger partial charge in [-0.1, -0.05) is 60.3 Å². The van der Waals surface area contributed by atoms with Crippen molar-refractivity contribution < 1.29 is 23.8 Å². The number of nitrogens with one attached hydrogen (secondary N) is 1. The summed E-state index contributed by atoms with van der Waals surface area (Å²) >= 11 is 1.44. The standard InChI is InChI=1S/C27H29N3O5S/c1-19-24(26(32)35-16-15-33-2)25(20-9-5-3-6-10-20)30-21(18-36-27(30)29-19)17-23(31)28-13-14-34-22-11-7-4-8-12-22/h3-12,18,25H,13-17H2,1-2H3,(H,28,31)/t25-/m0/s1. The van der Waals surface area contributed by atoms with E-state index in [1.807, 2.05) is 77.9 Å². The molecule has 188 valence electrons. The summed E-state index contributed by atoms with van der Waals surface area (Å²) in [7, 11) is 1.56. The molecule has 0 bridgehead atoms. The van der Waals surface area contributed by atoms with Crippen LogP contribution in [0.5, 0.6) is 5.75 Å². The van der Waals surface area contributed by atoms with Gasteiger partial charge >= 0.3 is 5.97 Å². The van der Waals surface area contributed by atoms with Crippen LogP contribution in [0, 0.1) is 0 Å². The van der Waals surface area contributed by atoms with Crippen LogP contribution >= 0.6 is 11.8 Å². The number of methoxy groups -OCH3 is 1. The number of nitrogens with zero attached hydrogens (tertiary/aromatic N) is 2. The second kappa shape index (κ2) is 12.4. The smallest absolute Gasteiger partial charge is 0.338 e. The van der Waals surface area contributed by atoms with Gasteiger partial charge in [-0.3, -0.25) is 4.79 Å². The van der Waals surface area contributed by atoms with Crippen molar-refractivity contribution in [2.24, 2.45) is 4.99 Å². The van der Waals surface area contributed by atoms with Crippen molar-refractivity contribution in [1.29, 1.82) is 0 Å². The van der Waals surface area contributed by atoms with Gasteiger partial charge in [0.15, 0.2) is 5.17 Å². The fourth-order valence-corrected chi connectivity index (χ4v) is 4.94. The number of para-hydroxylation sites is 1. The number of hydrogen-bond donors (Lipinski definition) is 1. The Kier molecular flexibility index (Phi) is 8.80. The van der Waals surface area contributed by atoms with Crippen LogP contribution in [0.2, 0.25) is 0 Å². The molecule has 1 atom stereocenters. The highest BCUT2D eigenvalue weighted by Crippen LogP contribution is 2.44. The molecule has 2 heterocycles. The maximum atomic E-state index is 13.1. The molecule has 36 heavy (non-hydrogen) atoms. The van der Waals surface area contributed by atoms with Gasteiger partial charge in [0.05, 0.1) is 36.9 Å². The Morgan fingerprint density at radius 2 is 1.75 bits per heavy atom. The lowest BCUT2D eigenvalue weighted by Gasteiger charge is -2.36. The van der Waals surface area contributed by atoms with E-state index in [2.05, 4.69) is 10.3 Å². The fourth-order valence-electron chi connectivity index (χ4n) is 3.98. The number of carbonyl (C=O) groups is 2. The predicted octanol–water partition coefficient (Wildman–Crippen LogP) is 4.04. The van der Waals surface area contributed by atoms with Crippen LogP contribution < -0.4 is 10.1 Å². The Bertz CT molecular complexity index is 1160. The quantitative estimate of drug-likeness (QED) is 0.363. The Balaban J connectivity index is 1.46. The van der Waals surface area contributed by atoms with E-state index < -0.39 is 12.0 Å². The first-order valence-corrected chi connectivity index (χ1v) is 12.6. The third kappa shape index (κ3) is 6.16. The number of carbonyl (C=O) groups excluding carboxylic acids is 2. The number of benzene rings is 2. The largest absolute Gasteiger partial charge is 0.492 e. The zero-order valence-corrected chi connectivity index (χ0v) is 21.1. The van der Waals surface area contributed by atoms with E-state index in [0.717, 1.165) is 22.2 Å². The van der Waals surface area contributed by atoms with Crippen molar-refractivity contribution >= 4 is 28.8 Å². The molecule has 0 radical (unpaired) electrons. The molecule has 1 amide bonds. The van der Waals surface area contributed by atoms with E-state index in [-0.39, 0.29) is 18.9 Å². The normalized spacial score (nSPS) is 16.7. The molecule has 2 aromatic rings. The molecule has 2 aliphatic rings. The lowest BCUT2D eigenvalue weighted by Crippen LogP contribution is -2.38. The van der Waals surface area contributed by atoms with Crippen molar-refractivity contribution in [1.82, 2.24) is 10.2 Å². The molecule has 0 spiro atoms. The number of ether oxygens (including phenoxy) is 3. The topological polar surface area (TPSA) is 89.5 Å². The zero-order valence-electron chi connectivity index (χ0n) is 20.3. The van der Waals surface area contributed by atoms with Crippen molar-refractivity contribution in [3.05, 3.63) is 88.6 Å². The summed E-state index contributed by atoms with van der Waals surface area (Å²) in [5.41, 5.74) is 2.73. The van der Waals surface area contributed by atoms with Crippen LogP contribution in [0.15, 0.2) is 88.0 Å². The molecule has 2 aliphatic heterocycles. The average Bonchev–Trinajstić information content (AvgIpc) is 3.28. The Morgan fingerprint density at radius 3 is 2.47 bits per heavy atom. The Hall–Kier alpha value is -3.56. The first kappa shape index (κ1) is 25.5. The van der Waals surface area contributed by atoms with Crippen molar-refractivity contribution in [3.8, 4) is 5.75 Å². The number of allylic oxidation sites excluding steroid dienone is 1. The average molecular weight is 508 g/mol. The monoisotopic (exact) mass is 507 g/mol. The molecular weight excluding hydrogens is 478 g/mol. The van der Waals surface area contributed by atoms with Gasteiger partial charge in [-0.2, -0.15) is 0 Å². The zero-order chi connectivity index (χ0) is 25.3. The van der Waals surface area contributed by atoms with Gasteiger partial charge in [-0.15, -0.1) is 0 Å². The number of rotatable bonds is 11. The summed E-state index contributed by atoms with van der Waals surface area (Å²) in [4.78, 5) is 32.5. The molecule has 0 saturated carbocycles. The summed E-state index contributed by atoms with van der Waals surface area (Å²) in [5, 5.41) is 5.55. The molecule has 0 aliphatic carbocycles. The first-order valence-electron chi connectivity index (χ1n) is 11.7. The molecular formula is C27H29N3O5S. The number of amidine groups is 1. The van der Waals surface area contributed by atoms with E-state index in [1.165, 1.54) is 11.8 Å². The molecule has 0 aromatic heterocycles. The molecule has 0 saturated heterocycles. The van der Waals surface area contributed by atoms with Gasteiger partial charge in [0.25, 0.3) is 0 Å². The van der Waals surface area contributed by atoms with Crippen molar-refractivity contribution in [2.75, 3.05) is 33.5 Å². The van der Waals surface area contributed by atoms with Crippen molar-refractivity contribution in [3.63, 3.8) is 0 Å². The molecule has 0 fully saturated rings. The van der Waals surface area contributed by atoms with Crippen molar-refractivity contribution in [2.45, 2.75) is 19.4 Å². The molecule has 1 N–H and O–H groups in total. The third-order valence-corrected chi connectivity index (χ3v) is 6.52. The summed E-state index contributed by atoms with van der Waals surface area (Å²) < 4.78 is 16.1. The number of aliphatic imine (C=N–C) groups is 1. The maximum absolute atomic E-state index is 13.1. The molecule has 8 nitrogen and oxygen atoms in total. The van der Waals surface area contributed by atoms with E-state index in [1.54, 1.807) is 7.11 Å². The van der Waals surface area contributed by atoms with E-state index in [4.69, 9.17) is 14.2 Å². The second-order valence-corrected chi connectivity index (χ2v) is 8.96. The predicted molar refractivity (Wildman–Crippen MR) is 139 cm³/mol. The summed E-state index contributed by atoms with van der Waals surface area (Å²) in [5.74, 6) is 0.177. The van der Waals surface area contributed by atoms with E-state index in [0.29, 0.717) is 31.0 Å². The van der Waals surface area contributed by atoms with Gasteiger partial charge in [-0.25, -0.2) is 9.79 Å². The Morgan fingerprint density at radius 1 is 1.03 bits per heavy atom. The van der Waals surface area contributed by atoms with Gasteiger partial charge in [0.1, 0.15) is 19.0 Å². The lowest BCUT2D eigenvalue weighted by molar-refractivity contribution is -0.141. The molecule has 2 aromatic carbocycles. The van der Waals surface area contributed by atoms with Gasteiger partial charge < -0.3 is 24.4 Å². The number of fused-ring (bicyclic) bond motifs is 1. The van der Waals surface area contributed by atoms with Gasteiger partial charge in [-0.05, 0) is 30.0 Å². The molecule has 9 heteroatoms. The van der Waals surface area contributed by atoms with E-state index in [9.17, 15) is 9.59 Å². The molecule has 4 rings (SSSR count). The number of amides is 1. The van der Waals surface area contributed by atoms with Gasteiger partial charge in [0, 0.05) is 12.8 Å². The minimum atomic E-state index is -0.454. The van der Waals surface area contributed by atoms with Crippen LogP contribution in [0.4, 0.5) is 0 Å². The molecule has 0 unspecified atom stereocenters. The second-order valence-electron chi connectivity index (χ2n) is 8.12. The highest BCUT2D eigenvalue weighted by atomic mass is 32.2. The van der Waals surface area contributed by atoms with Crippen LogP contribution in [0.1, 0.15) is 24.9 Å². The van der Waals surface area contributed by atoms with Gasteiger partial charge in [0.2, 0.25) is 5.91 Å². The van der Waals surface area contributed by atoms with E-state index >= 15 is 0 Å². The Labute approximate surface area is 215 Å². The number of thioether (sulfide) groups is 1. The SMILES string of the molecule is COCCOC(=O)C1=C(C)N=C2SC=C(CC(=O)NCCOc3ccccc3)N2[C@H]1c1ccccc1. The van der Waals surface area contributed by atoms with Crippen LogP contribution in [-0.4, -0.2) is 55.4 Å². The first-order chi connectivity index (χ1) is 17.6. The fraction of sp³-hybridized carbons (Fsp3) is 0.296. The number of esters is 1. The summed E-state index contributed by atoms with van der Waals surface area (Å²) in [6, 6.07) is 18.7. The summed E-state index contributed by atoms with van der Waals surface area (Å²) in [6.45, 7) is 3.01. The summed E-state index contributed by atoms with van der Waals surface area (Å²) in [6.07, 6.45) is 0.145. The minimum absolute atomic E-state index is 0.137. The highest BCUT2D eigenvalue weighted by Gasteiger charge is 2.41. The minimum Gasteiger partial charge on any atom is -0.492 e. The van der Waals surface area contributed by atoms with Crippen LogP contribution in [0.3, 0.4) is 0 Å². The van der Waals surface area contributed by atoms with Crippen LogP contribution in [-0.2, 0) is 19.1 Å². The van der Waals surface area contributed by atoms with Crippen LogP contribution in [0.25, 0.3) is 0 Å². The third-order valence-electron chi connectivity index (χ3n) is 5.63. The number of hydrogen-bond acceptors (Lipinski definition) is 8. The lowest BCUT2D eigenvalue weighted by atomic mass is 9.94.